The lowest BCUT2D eigenvalue weighted by atomic mass is 10.0. The van der Waals surface area contributed by atoms with Crippen molar-refractivity contribution in [3.05, 3.63) is 70.5 Å². The van der Waals surface area contributed by atoms with Crippen LogP contribution in [-0.4, -0.2) is 18.1 Å². The van der Waals surface area contributed by atoms with E-state index in [0.717, 1.165) is 12.3 Å². The first-order valence-electron chi connectivity index (χ1n) is 7.74. The van der Waals surface area contributed by atoms with E-state index in [0.29, 0.717) is 23.3 Å². The molecule has 0 saturated heterocycles. The van der Waals surface area contributed by atoms with Gasteiger partial charge in [-0.3, -0.25) is 4.79 Å². The number of hydrogen-bond acceptors (Lipinski definition) is 4. The third-order valence-electron chi connectivity index (χ3n) is 3.87. The second kappa shape index (κ2) is 7.18. The molecule has 1 heterocycles. The summed E-state index contributed by atoms with van der Waals surface area (Å²) in [4.78, 5) is 23.6. The fraction of sp³-hybridized carbons (Fsp3) is 0.167. The van der Waals surface area contributed by atoms with Gasteiger partial charge in [0, 0.05) is 11.1 Å². The molecule has 0 radical (unpaired) electrons. The molecule has 0 aliphatic carbocycles. The zero-order valence-electron chi connectivity index (χ0n) is 13.6. The molecule has 1 unspecified atom stereocenters. The molecule has 0 saturated carbocycles. The van der Waals surface area contributed by atoms with Crippen molar-refractivity contribution in [2.75, 3.05) is 0 Å². The molecule has 1 amide bonds. The van der Waals surface area contributed by atoms with E-state index in [1.54, 1.807) is 24.3 Å². The topological polar surface area (TPSA) is 67.8 Å². The van der Waals surface area contributed by atoms with Crippen molar-refractivity contribution in [1.29, 1.82) is 0 Å². The molecule has 1 atom stereocenters. The first-order chi connectivity index (χ1) is 12.8. The molecule has 2 aromatic rings. The van der Waals surface area contributed by atoms with E-state index in [1.165, 1.54) is 0 Å². The van der Waals surface area contributed by atoms with Gasteiger partial charge in [-0.25, -0.2) is 14.6 Å². The number of halogens is 4. The molecule has 0 bridgehead atoms. The van der Waals surface area contributed by atoms with Gasteiger partial charge in [0.05, 0.1) is 23.8 Å². The highest BCUT2D eigenvalue weighted by atomic mass is 19.4. The Hall–Kier alpha value is -3.23. The van der Waals surface area contributed by atoms with E-state index in [-0.39, 0.29) is 12.0 Å². The van der Waals surface area contributed by atoms with Gasteiger partial charge >= 0.3 is 12.1 Å². The third kappa shape index (κ3) is 4.13. The molecular weight excluding hydrogens is 368 g/mol. The van der Waals surface area contributed by atoms with E-state index >= 15 is 0 Å². The monoisotopic (exact) mass is 380 g/mol. The summed E-state index contributed by atoms with van der Waals surface area (Å²) in [5.74, 6) is -2.26. The first-order valence-corrected chi connectivity index (χ1v) is 7.74. The van der Waals surface area contributed by atoms with Crippen molar-refractivity contribution in [3.8, 4) is 0 Å². The zero-order valence-corrected chi connectivity index (χ0v) is 13.6. The van der Waals surface area contributed by atoms with E-state index in [2.05, 4.69) is 10.5 Å². The van der Waals surface area contributed by atoms with Crippen LogP contribution < -0.4 is 5.43 Å². The Bertz CT molecular complexity index is 925. The summed E-state index contributed by atoms with van der Waals surface area (Å²) in [6.07, 6.45) is -4.72. The summed E-state index contributed by atoms with van der Waals surface area (Å²) in [7, 11) is 0. The number of fused-ring (bicyclic) bond motifs is 1. The minimum absolute atomic E-state index is 0.199. The van der Waals surface area contributed by atoms with Crippen LogP contribution in [0.1, 0.15) is 39.6 Å². The van der Waals surface area contributed by atoms with Crippen LogP contribution in [0.5, 0.6) is 0 Å². The highest BCUT2D eigenvalue weighted by Crippen LogP contribution is 2.32. The molecule has 5 nitrogen and oxygen atoms in total. The van der Waals surface area contributed by atoms with Crippen molar-refractivity contribution in [2.45, 2.75) is 18.7 Å². The number of carbonyl (C=O) groups is 2. The van der Waals surface area contributed by atoms with Gasteiger partial charge in [0.2, 0.25) is 5.91 Å². The molecule has 2 aromatic carbocycles. The Labute approximate surface area is 150 Å². The van der Waals surface area contributed by atoms with Crippen LogP contribution in [0.2, 0.25) is 0 Å². The van der Waals surface area contributed by atoms with E-state index in [9.17, 15) is 27.2 Å². The summed E-state index contributed by atoms with van der Waals surface area (Å²) in [5.41, 5.74) is 1.74. The molecule has 3 rings (SSSR count). The Morgan fingerprint density at radius 1 is 1.22 bits per heavy atom. The van der Waals surface area contributed by atoms with Crippen molar-refractivity contribution in [2.24, 2.45) is 5.10 Å². The van der Waals surface area contributed by atoms with Gasteiger partial charge in [-0.05, 0) is 24.3 Å². The quantitative estimate of drug-likeness (QED) is 0.382. The summed E-state index contributed by atoms with van der Waals surface area (Å²) in [6, 6.07) is 8.59. The lowest BCUT2D eigenvalue weighted by molar-refractivity contribution is -0.137. The van der Waals surface area contributed by atoms with Gasteiger partial charge in [0.25, 0.3) is 0 Å². The van der Waals surface area contributed by atoms with Gasteiger partial charge < -0.3 is 4.74 Å². The van der Waals surface area contributed by atoms with Crippen LogP contribution in [0.25, 0.3) is 0 Å². The molecule has 0 fully saturated rings. The number of hydrogen-bond donors (Lipinski definition) is 1. The van der Waals surface area contributed by atoms with Crippen molar-refractivity contribution >= 4 is 18.1 Å². The maximum Gasteiger partial charge on any atom is 0.416 e. The molecule has 1 N–H and O–H groups in total. The number of ether oxygens (including phenoxy) is 1. The lowest BCUT2D eigenvalue weighted by Crippen LogP contribution is -2.20. The Balaban J connectivity index is 1.61. The average molecular weight is 380 g/mol. The molecule has 140 valence electrons. The molecule has 9 heteroatoms. The predicted octanol–water partition coefficient (Wildman–Crippen LogP) is 3.60. The van der Waals surface area contributed by atoms with Gasteiger partial charge in [-0.1, -0.05) is 18.2 Å². The number of esters is 1. The highest BCUT2D eigenvalue weighted by Gasteiger charge is 2.32. The number of cyclic esters (lactones) is 1. The van der Waals surface area contributed by atoms with E-state index in [1.807, 2.05) is 0 Å². The second-order valence-electron chi connectivity index (χ2n) is 5.71. The Morgan fingerprint density at radius 3 is 2.67 bits per heavy atom. The molecule has 27 heavy (non-hydrogen) atoms. The van der Waals surface area contributed by atoms with Gasteiger partial charge in [0.15, 0.2) is 0 Å². The molecule has 0 aromatic heterocycles. The van der Waals surface area contributed by atoms with Crippen LogP contribution in [0.3, 0.4) is 0 Å². The lowest BCUT2D eigenvalue weighted by Gasteiger charge is -2.09. The largest absolute Gasteiger partial charge is 0.453 e. The van der Waals surface area contributed by atoms with Crippen molar-refractivity contribution in [3.63, 3.8) is 0 Å². The predicted molar refractivity (Wildman–Crippen MR) is 86.4 cm³/mol. The standard InChI is InChI=1S/C18H12F4N2O3/c19-14-7-11(18(20,21)22)6-5-10(14)9-23-24-16(25)8-15-12-3-1-2-4-13(12)17(26)27-15/h1-7,9,15H,8H2,(H,24,25)/b23-9+. The Kier molecular flexibility index (Phi) is 4.93. The summed E-state index contributed by atoms with van der Waals surface area (Å²) < 4.78 is 56.3. The molecule has 1 aliphatic heterocycles. The first kappa shape index (κ1) is 18.6. The molecule has 0 spiro atoms. The van der Waals surface area contributed by atoms with Gasteiger partial charge in [-0.15, -0.1) is 0 Å². The number of hydrazone groups is 1. The maximum atomic E-state index is 13.7. The van der Waals surface area contributed by atoms with Crippen molar-refractivity contribution in [1.82, 2.24) is 5.43 Å². The smallest absolute Gasteiger partial charge is 0.416 e. The van der Waals surface area contributed by atoms with Crippen LogP contribution in [-0.2, 0) is 15.7 Å². The minimum atomic E-state index is -4.65. The molecular formula is C18H12F4N2O3. The number of nitrogens with zero attached hydrogens (tertiary/aromatic N) is 1. The van der Waals surface area contributed by atoms with Gasteiger partial charge in [0.1, 0.15) is 11.9 Å². The third-order valence-corrected chi connectivity index (χ3v) is 3.87. The van der Waals surface area contributed by atoms with E-state index in [4.69, 9.17) is 4.74 Å². The van der Waals surface area contributed by atoms with E-state index < -0.39 is 35.5 Å². The summed E-state index contributed by atoms with van der Waals surface area (Å²) in [5, 5.41) is 3.52. The number of amides is 1. The fourth-order valence-corrected chi connectivity index (χ4v) is 2.57. The number of benzene rings is 2. The maximum absolute atomic E-state index is 13.7. The number of alkyl halides is 3. The van der Waals surface area contributed by atoms with Crippen molar-refractivity contribution < 1.29 is 31.9 Å². The number of carbonyl (C=O) groups excluding carboxylic acids is 2. The van der Waals surface area contributed by atoms with Crippen LogP contribution in [0.4, 0.5) is 17.6 Å². The fourth-order valence-electron chi connectivity index (χ4n) is 2.57. The number of rotatable bonds is 4. The summed E-state index contributed by atoms with van der Waals surface area (Å²) in [6.45, 7) is 0. The zero-order chi connectivity index (χ0) is 19.6. The highest BCUT2D eigenvalue weighted by molar-refractivity contribution is 5.94. The summed E-state index contributed by atoms with van der Waals surface area (Å²) >= 11 is 0. The molecule has 1 aliphatic rings. The number of nitrogens with one attached hydrogen (secondary N) is 1. The van der Waals surface area contributed by atoms with Gasteiger partial charge in [-0.2, -0.15) is 18.3 Å². The van der Waals surface area contributed by atoms with Crippen LogP contribution >= 0.6 is 0 Å². The SMILES string of the molecule is O=C(CC1OC(=O)c2ccccc21)N/N=C/c1ccc(C(F)(F)F)cc1F. The second-order valence-corrected chi connectivity index (χ2v) is 5.71. The minimum Gasteiger partial charge on any atom is -0.453 e. The Morgan fingerprint density at radius 2 is 1.96 bits per heavy atom. The average Bonchev–Trinajstić information content (AvgIpc) is 2.91. The normalized spacial score (nSPS) is 16.3. The van der Waals surface area contributed by atoms with Crippen LogP contribution in [0, 0.1) is 5.82 Å². The van der Waals surface area contributed by atoms with Crippen LogP contribution in [0.15, 0.2) is 47.6 Å².